The summed E-state index contributed by atoms with van der Waals surface area (Å²) in [4.78, 5) is 21.2. The van der Waals surface area contributed by atoms with Crippen LogP contribution < -0.4 is 0 Å². The first-order valence-corrected chi connectivity index (χ1v) is 3.55. The van der Waals surface area contributed by atoms with Crippen molar-refractivity contribution in [3.05, 3.63) is 12.2 Å². The molecule has 0 aliphatic heterocycles. The molecule has 0 radical (unpaired) electrons. The van der Waals surface area contributed by atoms with Gasteiger partial charge in [-0.3, -0.25) is 9.59 Å². The quantitative estimate of drug-likeness (QED) is 0.525. The van der Waals surface area contributed by atoms with Crippen molar-refractivity contribution >= 4 is 11.8 Å². The highest BCUT2D eigenvalue weighted by molar-refractivity contribution is 5.91. The zero-order valence-corrected chi connectivity index (χ0v) is 6.37. The molecule has 3 nitrogen and oxygen atoms in total. The summed E-state index contributed by atoms with van der Waals surface area (Å²) in [6, 6.07) is 0. The fourth-order valence-corrected chi connectivity index (χ4v) is 1.05. The topological polar surface area (TPSA) is 43.4 Å². The van der Waals surface area contributed by atoms with Crippen LogP contribution in [0.2, 0.25) is 0 Å². The van der Waals surface area contributed by atoms with E-state index in [0.717, 1.165) is 0 Å². The van der Waals surface area contributed by atoms with E-state index < -0.39 is 0 Å². The summed E-state index contributed by atoms with van der Waals surface area (Å²) in [6.07, 6.45) is 4.02. The van der Waals surface area contributed by atoms with Gasteiger partial charge in [-0.25, -0.2) is 0 Å². The summed E-state index contributed by atoms with van der Waals surface area (Å²) in [6.45, 7) is 1.35. The van der Waals surface area contributed by atoms with Gasteiger partial charge in [0.05, 0.1) is 0 Å². The first kappa shape index (κ1) is 7.98. The SMILES string of the molecule is CC(=O)O[C@@H]1CC=CC(=O)C1. The fourth-order valence-electron chi connectivity index (χ4n) is 1.05. The minimum Gasteiger partial charge on any atom is -0.462 e. The largest absolute Gasteiger partial charge is 0.462 e. The maximum Gasteiger partial charge on any atom is 0.302 e. The molecule has 0 spiro atoms. The molecule has 0 amide bonds. The molecule has 0 bridgehead atoms. The molecule has 0 aromatic carbocycles. The van der Waals surface area contributed by atoms with E-state index in [9.17, 15) is 9.59 Å². The van der Waals surface area contributed by atoms with Crippen LogP contribution in [0.25, 0.3) is 0 Å². The lowest BCUT2D eigenvalue weighted by Crippen LogP contribution is -2.21. The van der Waals surface area contributed by atoms with Crippen LogP contribution in [0.15, 0.2) is 12.2 Å². The molecule has 0 aromatic heterocycles. The van der Waals surface area contributed by atoms with Gasteiger partial charge in [0.1, 0.15) is 6.10 Å². The summed E-state index contributed by atoms with van der Waals surface area (Å²) in [5.74, 6) is -0.291. The van der Waals surface area contributed by atoms with Crippen LogP contribution in [0.5, 0.6) is 0 Å². The van der Waals surface area contributed by atoms with Crippen LogP contribution >= 0.6 is 0 Å². The summed E-state index contributed by atoms with van der Waals surface area (Å²) in [5.41, 5.74) is 0. The molecule has 1 atom stereocenters. The second kappa shape index (κ2) is 3.32. The molecule has 11 heavy (non-hydrogen) atoms. The molecule has 1 rings (SSSR count). The monoisotopic (exact) mass is 154 g/mol. The average Bonchev–Trinajstić information content (AvgIpc) is 1.85. The Kier molecular flexibility index (Phi) is 2.41. The van der Waals surface area contributed by atoms with E-state index in [-0.39, 0.29) is 17.9 Å². The van der Waals surface area contributed by atoms with E-state index in [4.69, 9.17) is 4.74 Å². The molecule has 0 N–H and O–H groups in total. The smallest absolute Gasteiger partial charge is 0.302 e. The molecular formula is C8H10O3. The third kappa shape index (κ3) is 2.53. The van der Waals surface area contributed by atoms with Crippen LogP contribution in [0.4, 0.5) is 0 Å². The molecule has 60 valence electrons. The number of ether oxygens (including phenoxy) is 1. The van der Waals surface area contributed by atoms with Gasteiger partial charge >= 0.3 is 5.97 Å². The number of esters is 1. The van der Waals surface area contributed by atoms with Crippen LogP contribution in [-0.4, -0.2) is 17.9 Å². The van der Waals surface area contributed by atoms with Gasteiger partial charge in [-0.1, -0.05) is 6.08 Å². The summed E-state index contributed by atoms with van der Waals surface area (Å²) >= 11 is 0. The van der Waals surface area contributed by atoms with Gasteiger partial charge in [-0.2, -0.15) is 0 Å². The van der Waals surface area contributed by atoms with Crippen LogP contribution in [-0.2, 0) is 14.3 Å². The lowest BCUT2D eigenvalue weighted by atomic mass is 10.0. The van der Waals surface area contributed by atoms with E-state index in [1.165, 1.54) is 13.0 Å². The Morgan fingerprint density at radius 3 is 3.00 bits per heavy atom. The van der Waals surface area contributed by atoms with Crippen molar-refractivity contribution in [3.8, 4) is 0 Å². The third-order valence-electron chi connectivity index (χ3n) is 1.46. The van der Waals surface area contributed by atoms with Gasteiger partial charge in [0, 0.05) is 19.8 Å². The van der Waals surface area contributed by atoms with Crippen molar-refractivity contribution in [1.82, 2.24) is 0 Å². The van der Waals surface area contributed by atoms with Crippen LogP contribution in [0, 0.1) is 0 Å². The molecular weight excluding hydrogens is 144 g/mol. The number of ketones is 1. The van der Waals surface area contributed by atoms with Gasteiger partial charge in [-0.05, 0) is 6.08 Å². The number of rotatable bonds is 1. The molecule has 0 saturated carbocycles. The molecule has 0 unspecified atom stereocenters. The van der Waals surface area contributed by atoms with Crippen LogP contribution in [0.1, 0.15) is 19.8 Å². The van der Waals surface area contributed by atoms with E-state index in [0.29, 0.717) is 12.8 Å². The van der Waals surface area contributed by atoms with Crippen molar-refractivity contribution in [1.29, 1.82) is 0 Å². The van der Waals surface area contributed by atoms with E-state index in [2.05, 4.69) is 0 Å². The van der Waals surface area contributed by atoms with Gasteiger partial charge in [-0.15, -0.1) is 0 Å². The lowest BCUT2D eigenvalue weighted by molar-refractivity contribution is -0.147. The molecule has 0 aromatic rings. The van der Waals surface area contributed by atoms with Crippen molar-refractivity contribution in [3.63, 3.8) is 0 Å². The summed E-state index contributed by atoms with van der Waals surface area (Å²) in [7, 11) is 0. The Bertz CT molecular complexity index is 205. The van der Waals surface area contributed by atoms with Gasteiger partial charge < -0.3 is 4.74 Å². The Hall–Kier alpha value is -1.12. The Morgan fingerprint density at radius 1 is 1.73 bits per heavy atom. The Balaban J connectivity index is 2.43. The molecule has 0 saturated heterocycles. The van der Waals surface area contributed by atoms with Crippen molar-refractivity contribution in [2.45, 2.75) is 25.9 Å². The fraction of sp³-hybridized carbons (Fsp3) is 0.500. The molecule has 0 fully saturated rings. The predicted molar refractivity (Wildman–Crippen MR) is 38.9 cm³/mol. The number of allylic oxidation sites excluding steroid dienone is 1. The highest BCUT2D eigenvalue weighted by Crippen LogP contribution is 2.11. The first-order valence-electron chi connectivity index (χ1n) is 3.55. The van der Waals surface area contributed by atoms with Gasteiger partial charge in [0.25, 0.3) is 0 Å². The highest BCUT2D eigenvalue weighted by atomic mass is 16.5. The molecule has 3 heteroatoms. The zero-order chi connectivity index (χ0) is 8.27. The standard InChI is InChI=1S/C8H10O3/c1-6(9)11-8-4-2-3-7(10)5-8/h2-3,8H,4-5H2,1H3/t8-/m1/s1. The second-order valence-corrected chi connectivity index (χ2v) is 2.54. The second-order valence-electron chi connectivity index (χ2n) is 2.54. The first-order chi connectivity index (χ1) is 5.18. The van der Waals surface area contributed by atoms with Crippen molar-refractivity contribution in [2.24, 2.45) is 0 Å². The maximum atomic E-state index is 10.8. The number of carbonyl (C=O) groups is 2. The average molecular weight is 154 g/mol. The van der Waals surface area contributed by atoms with Gasteiger partial charge in [0.15, 0.2) is 5.78 Å². The van der Waals surface area contributed by atoms with Crippen LogP contribution in [0.3, 0.4) is 0 Å². The normalized spacial score (nSPS) is 23.4. The summed E-state index contributed by atoms with van der Waals surface area (Å²) in [5, 5.41) is 0. The minimum absolute atomic E-state index is 0.0301. The Labute approximate surface area is 65.0 Å². The van der Waals surface area contributed by atoms with E-state index in [1.54, 1.807) is 6.08 Å². The van der Waals surface area contributed by atoms with E-state index >= 15 is 0 Å². The highest BCUT2D eigenvalue weighted by Gasteiger charge is 2.17. The van der Waals surface area contributed by atoms with Crippen molar-refractivity contribution < 1.29 is 14.3 Å². The summed E-state index contributed by atoms with van der Waals surface area (Å²) < 4.78 is 4.85. The molecule has 1 aliphatic rings. The van der Waals surface area contributed by atoms with E-state index in [1.807, 2.05) is 0 Å². The lowest BCUT2D eigenvalue weighted by Gasteiger charge is -2.16. The van der Waals surface area contributed by atoms with Crippen molar-refractivity contribution in [2.75, 3.05) is 0 Å². The molecule has 1 aliphatic carbocycles. The maximum absolute atomic E-state index is 10.8. The number of hydrogen-bond acceptors (Lipinski definition) is 3. The number of carbonyl (C=O) groups excluding carboxylic acids is 2. The third-order valence-corrected chi connectivity index (χ3v) is 1.46. The van der Waals surface area contributed by atoms with Gasteiger partial charge in [0.2, 0.25) is 0 Å². The number of hydrogen-bond donors (Lipinski definition) is 0. The predicted octanol–water partition coefficient (Wildman–Crippen LogP) is 0.837. The zero-order valence-electron chi connectivity index (χ0n) is 6.37. The minimum atomic E-state index is -0.321. The Morgan fingerprint density at radius 2 is 2.45 bits per heavy atom. The molecule has 0 heterocycles.